The van der Waals surface area contributed by atoms with Crippen molar-refractivity contribution < 1.29 is 14.7 Å². The summed E-state index contributed by atoms with van der Waals surface area (Å²) in [5.41, 5.74) is 1.75. The van der Waals surface area contributed by atoms with E-state index in [1.807, 2.05) is 24.3 Å². The monoisotopic (exact) mass is 309 g/mol. The molecule has 1 amide bonds. The number of amides is 1. The van der Waals surface area contributed by atoms with Crippen LogP contribution < -0.4 is 10.2 Å². The van der Waals surface area contributed by atoms with Gasteiger partial charge in [-0.15, -0.1) is 11.8 Å². The Morgan fingerprint density at radius 1 is 1.38 bits per heavy atom. The Hall–Kier alpha value is -1.20. The molecule has 5 heteroatoms. The zero-order valence-electron chi connectivity index (χ0n) is 12.4. The van der Waals surface area contributed by atoms with Crippen LogP contribution in [0.5, 0.6) is 5.75 Å². The minimum absolute atomic E-state index is 0.202. The normalized spacial score (nSPS) is 16.7. The fraction of sp³-hybridized carbons (Fsp3) is 0.562. The van der Waals surface area contributed by atoms with E-state index < -0.39 is 0 Å². The van der Waals surface area contributed by atoms with Crippen molar-refractivity contribution in [3.63, 3.8) is 0 Å². The molecule has 21 heavy (non-hydrogen) atoms. The number of hydrogen-bond donors (Lipinski definition) is 2. The van der Waals surface area contributed by atoms with Crippen molar-refractivity contribution in [2.24, 2.45) is 5.92 Å². The SMILES string of the molecule is COc1ccc(SC(CC(=O)NO)CC2CCCC2)cc1. The lowest BCUT2D eigenvalue weighted by Gasteiger charge is -2.19. The fourth-order valence-corrected chi connectivity index (χ4v) is 4.17. The smallest absolute Gasteiger partial charge is 0.244 e. The topological polar surface area (TPSA) is 58.6 Å². The van der Waals surface area contributed by atoms with E-state index in [0.717, 1.165) is 17.1 Å². The zero-order chi connectivity index (χ0) is 15.1. The van der Waals surface area contributed by atoms with Gasteiger partial charge >= 0.3 is 0 Å². The van der Waals surface area contributed by atoms with E-state index in [2.05, 4.69) is 0 Å². The largest absolute Gasteiger partial charge is 0.497 e. The summed E-state index contributed by atoms with van der Waals surface area (Å²) in [6.07, 6.45) is 6.52. The lowest BCUT2D eigenvalue weighted by molar-refractivity contribution is -0.129. The van der Waals surface area contributed by atoms with E-state index in [0.29, 0.717) is 12.3 Å². The molecule has 0 saturated heterocycles. The van der Waals surface area contributed by atoms with E-state index >= 15 is 0 Å². The van der Waals surface area contributed by atoms with Crippen molar-refractivity contribution >= 4 is 17.7 Å². The Morgan fingerprint density at radius 2 is 2.05 bits per heavy atom. The molecule has 116 valence electrons. The van der Waals surface area contributed by atoms with E-state index in [9.17, 15) is 4.79 Å². The minimum atomic E-state index is -0.306. The lowest BCUT2D eigenvalue weighted by Crippen LogP contribution is -2.24. The third-order valence-electron chi connectivity index (χ3n) is 3.97. The van der Waals surface area contributed by atoms with Crippen molar-refractivity contribution in [3.8, 4) is 5.75 Å². The molecule has 1 aromatic rings. The molecule has 0 aliphatic heterocycles. The van der Waals surface area contributed by atoms with Crippen molar-refractivity contribution in [2.45, 2.75) is 48.7 Å². The Bertz CT molecular complexity index is 443. The summed E-state index contributed by atoms with van der Waals surface area (Å²) in [5, 5.41) is 8.96. The molecule has 2 N–H and O–H groups in total. The highest BCUT2D eigenvalue weighted by Crippen LogP contribution is 2.36. The van der Waals surface area contributed by atoms with E-state index in [4.69, 9.17) is 9.94 Å². The van der Waals surface area contributed by atoms with Gasteiger partial charge in [-0.2, -0.15) is 0 Å². The van der Waals surface area contributed by atoms with Gasteiger partial charge in [-0.05, 0) is 36.6 Å². The Labute approximate surface area is 130 Å². The van der Waals surface area contributed by atoms with Gasteiger partial charge in [-0.25, -0.2) is 5.48 Å². The van der Waals surface area contributed by atoms with Crippen LogP contribution in [0.3, 0.4) is 0 Å². The van der Waals surface area contributed by atoms with Gasteiger partial charge in [0.1, 0.15) is 5.75 Å². The quantitative estimate of drug-likeness (QED) is 0.459. The summed E-state index contributed by atoms with van der Waals surface area (Å²) in [4.78, 5) is 12.6. The van der Waals surface area contributed by atoms with Crippen LogP contribution in [0.1, 0.15) is 38.5 Å². The standard InChI is InChI=1S/C16H23NO3S/c1-20-13-6-8-14(9-7-13)21-15(11-16(18)17-19)10-12-4-2-3-5-12/h6-9,12,15,19H,2-5,10-11H2,1H3,(H,17,18). The van der Waals surface area contributed by atoms with Crippen LogP contribution in [-0.2, 0) is 4.79 Å². The van der Waals surface area contributed by atoms with Crippen LogP contribution in [0.25, 0.3) is 0 Å². The van der Waals surface area contributed by atoms with Crippen LogP contribution in [0.4, 0.5) is 0 Å². The first kappa shape index (κ1) is 16.2. The molecular formula is C16H23NO3S. The summed E-state index contributed by atoms with van der Waals surface area (Å²) in [6.45, 7) is 0. The second-order valence-corrected chi connectivity index (χ2v) is 6.91. The summed E-state index contributed by atoms with van der Waals surface area (Å²) in [6, 6.07) is 7.89. The number of benzene rings is 1. The van der Waals surface area contributed by atoms with Crippen molar-refractivity contribution in [3.05, 3.63) is 24.3 Å². The molecule has 1 aromatic carbocycles. The molecule has 1 aliphatic carbocycles. The maximum absolute atomic E-state index is 11.5. The van der Waals surface area contributed by atoms with Crippen molar-refractivity contribution in [1.82, 2.24) is 5.48 Å². The molecule has 1 fully saturated rings. The number of carbonyl (C=O) groups excluding carboxylic acids is 1. The first-order valence-corrected chi connectivity index (χ1v) is 8.33. The molecule has 0 radical (unpaired) electrons. The number of ether oxygens (including phenoxy) is 1. The Kier molecular flexibility index (Phi) is 6.39. The summed E-state index contributed by atoms with van der Waals surface area (Å²) in [7, 11) is 1.65. The molecule has 4 nitrogen and oxygen atoms in total. The van der Waals surface area contributed by atoms with Gasteiger partial charge in [0.05, 0.1) is 7.11 Å². The average Bonchev–Trinajstić information content (AvgIpc) is 3.00. The van der Waals surface area contributed by atoms with Gasteiger partial charge in [0.15, 0.2) is 0 Å². The van der Waals surface area contributed by atoms with Gasteiger partial charge in [0, 0.05) is 16.6 Å². The zero-order valence-corrected chi connectivity index (χ0v) is 13.2. The van der Waals surface area contributed by atoms with Gasteiger partial charge in [-0.1, -0.05) is 25.7 Å². The predicted molar refractivity (Wildman–Crippen MR) is 83.8 cm³/mol. The highest BCUT2D eigenvalue weighted by Gasteiger charge is 2.23. The van der Waals surface area contributed by atoms with Crippen LogP contribution >= 0.6 is 11.8 Å². The first-order chi connectivity index (χ1) is 10.2. The van der Waals surface area contributed by atoms with Crippen LogP contribution in [0.2, 0.25) is 0 Å². The first-order valence-electron chi connectivity index (χ1n) is 7.45. The number of methoxy groups -OCH3 is 1. The molecule has 2 rings (SSSR count). The third-order valence-corrected chi connectivity index (χ3v) is 5.21. The minimum Gasteiger partial charge on any atom is -0.497 e. The molecule has 0 heterocycles. The molecular weight excluding hydrogens is 286 g/mol. The van der Waals surface area contributed by atoms with Crippen molar-refractivity contribution in [1.29, 1.82) is 0 Å². The highest BCUT2D eigenvalue weighted by molar-refractivity contribution is 8.00. The number of hydroxylamine groups is 1. The second-order valence-electron chi connectivity index (χ2n) is 5.54. The molecule has 0 aromatic heterocycles. The summed E-state index contributed by atoms with van der Waals surface area (Å²) < 4.78 is 5.16. The number of rotatable bonds is 7. The lowest BCUT2D eigenvalue weighted by atomic mass is 10.00. The van der Waals surface area contributed by atoms with Gasteiger partial charge in [0.2, 0.25) is 5.91 Å². The molecule has 1 saturated carbocycles. The second kappa shape index (κ2) is 8.29. The van der Waals surface area contributed by atoms with Crippen LogP contribution in [0.15, 0.2) is 29.2 Å². The van der Waals surface area contributed by atoms with Gasteiger partial charge in [0.25, 0.3) is 0 Å². The molecule has 0 bridgehead atoms. The Morgan fingerprint density at radius 3 is 2.62 bits per heavy atom. The van der Waals surface area contributed by atoms with Crippen LogP contribution in [-0.4, -0.2) is 23.5 Å². The highest BCUT2D eigenvalue weighted by atomic mass is 32.2. The number of nitrogens with one attached hydrogen (secondary N) is 1. The number of thioether (sulfide) groups is 1. The number of hydrogen-bond acceptors (Lipinski definition) is 4. The van der Waals surface area contributed by atoms with Gasteiger partial charge in [-0.3, -0.25) is 10.0 Å². The molecule has 1 unspecified atom stereocenters. The predicted octanol–water partition coefficient (Wildman–Crippen LogP) is 3.63. The van der Waals surface area contributed by atoms with Crippen molar-refractivity contribution in [2.75, 3.05) is 7.11 Å². The van der Waals surface area contributed by atoms with E-state index in [1.54, 1.807) is 24.4 Å². The summed E-state index contributed by atoms with van der Waals surface area (Å²) in [5.74, 6) is 1.24. The fourth-order valence-electron chi connectivity index (χ4n) is 2.89. The molecule has 1 aliphatic rings. The van der Waals surface area contributed by atoms with E-state index in [1.165, 1.54) is 25.7 Å². The maximum atomic E-state index is 11.5. The van der Waals surface area contributed by atoms with Crippen LogP contribution in [0, 0.1) is 5.92 Å². The molecule has 1 atom stereocenters. The third kappa shape index (κ3) is 5.25. The average molecular weight is 309 g/mol. The maximum Gasteiger partial charge on any atom is 0.244 e. The summed E-state index contributed by atoms with van der Waals surface area (Å²) >= 11 is 1.71. The number of carbonyl (C=O) groups is 1. The van der Waals surface area contributed by atoms with E-state index in [-0.39, 0.29) is 11.2 Å². The Balaban J connectivity index is 1.97. The molecule has 0 spiro atoms. The van der Waals surface area contributed by atoms with Gasteiger partial charge < -0.3 is 4.74 Å².